The van der Waals surface area contributed by atoms with E-state index in [1.54, 1.807) is 29.2 Å². The summed E-state index contributed by atoms with van der Waals surface area (Å²) >= 11 is 3.12. The number of aromatic nitrogens is 1. The lowest BCUT2D eigenvalue weighted by atomic mass is 10.0. The average Bonchev–Trinajstić information content (AvgIpc) is 3.27. The molecule has 3 rings (SSSR count). The smallest absolute Gasteiger partial charge is 0.272 e. The summed E-state index contributed by atoms with van der Waals surface area (Å²) in [5, 5.41) is 17.9. The van der Waals surface area contributed by atoms with Gasteiger partial charge < -0.3 is 19.3 Å². The van der Waals surface area contributed by atoms with E-state index in [9.17, 15) is 9.90 Å². The van der Waals surface area contributed by atoms with Crippen molar-refractivity contribution < 1.29 is 14.4 Å². The highest BCUT2D eigenvalue weighted by Crippen LogP contribution is 2.43. The number of unbranched alkanes of at least 4 members (excludes halogenated alkanes) is 5. The van der Waals surface area contributed by atoms with E-state index < -0.39 is 0 Å². The molecule has 1 aliphatic heterocycles. The van der Waals surface area contributed by atoms with Gasteiger partial charge in [0, 0.05) is 29.1 Å². The minimum absolute atomic E-state index is 0.0386. The van der Waals surface area contributed by atoms with E-state index in [0.717, 1.165) is 16.2 Å². The number of fused-ring (bicyclic) bond motifs is 1. The summed E-state index contributed by atoms with van der Waals surface area (Å²) in [5.74, 6) is 1.24. The Balaban J connectivity index is 1.61. The first kappa shape index (κ1) is 22.6. The van der Waals surface area contributed by atoms with Crippen LogP contribution < -0.4 is 5.32 Å². The molecule has 0 atom stereocenters. The molecular formula is C22H29N3O3S2. The number of benzene rings is 1. The normalized spacial score (nSPS) is 13.5. The van der Waals surface area contributed by atoms with Crippen LogP contribution in [0.4, 0.5) is 0 Å². The van der Waals surface area contributed by atoms with Crippen molar-refractivity contribution in [3.05, 3.63) is 41.8 Å². The Hall–Kier alpha value is -2.06. The molecule has 0 bridgehead atoms. The fourth-order valence-corrected chi connectivity index (χ4v) is 5.16. The minimum atomic E-state index is -0.279. The van der Waals surface area contributed by atoms with Gasteiger partial charge in [-0.1, -0.05) is 56.3 Å². The van der Waals surface area contributed by atoms with Crippen molar-refractivity contribution in [1.82, 2.24) is 14.8 Å². The number of likely N-dealkylation sites (N-methyl/N-ethyl adjacent to an activating group) is 1. The lowest BCUT2D eigenvalue weighted by Crippen LogP contribution is -2.32. The fourth-order valence-electron chi connectivity index (χ4n) is 3.38. The van der Waals surface area contributed by atoms with E-state index in [-0.39, 0.29) is 17.4 Å². The highest BCUT2D eigenvalue weighted by atomic mass is 32.2. The van der Waals surface area contributed by atoms with Crippen LogP contribution in [0.1, 0.15) is 51.0 Å². The number of nitrogens with one attached hydrogen (secondary N) is 1. The number of rotatable bonds is 11. The number of hydrogen-bond acceptors (Lipinski definition) is 7. The first-order valence-corrected chi connectivity index (χ1v) is 12.3. The number of nitrogens with zero attached hydrogens (tertiary/aromatic N) is 2. The Morgan fingerprint density at radius 2 is 2.03 bits per heavy atom. The Morgan fingerprint density at radius 3 is 2.80 bits per heavy atom. The van der Waals surface area contributed by atoms with Gasteiger partial charge in [-0.2, -0.15) is 0 Å². The second-order valence-electron chi connectivity index (χ2n) is 7.18. The number of carbonyl (C=O) groups excluding carboxylic acids is 1. The van der Waals surface area contributed by atoms with Crippen molar-refractivity contribution in [1.29, 1.82) is 0 Å². The maximum absolute atomic E-state index is 12.8. The molecule has 8 heteroatoms. The van der Waals surface area contributed by atoms with Crippen molar-refractivity contribution in [2.45, 2.75) is 50.3 Å². The Bertz CT molecular complexity index is 869. The van der Waals surface area contributed by atoms with Gasteiger partial charge >= 0.3 is 0 Å². The van der Waals surface area contributed by atoms with Crippen molar-refractivity contribution in [2.24, 2.45) is 0 Å². The fraction of sp³-hybridized carbons (Fsp3) is 0.455. The summed E-state index contributed by atoms with van der Waals surface area (Å²) < 4.78 is 6.66. The third-order valence-electron chi connectivity index (χ3n) is 4.94. The second-order valence-corrected chi connectivity index (χ2v) is 9.45. The molecule has 0 saturated carbocycles. The van der Waals surface area contributed by atoms with E-state index in [4.69, 9.17) is 4.52 Å². The first-order chi connectivity index (χ1) is 14.6. The summed E-state index contributed by atoms with van der Waals surface area (Å²) in [6.07, 6.45) is 9.09. The summed E-state index contributed by atoms with van der Waals surface area (Å²) in [4.78, 5) is 13.7. The van der Waals surface area contributed by atoms with Crippen molar-refractivity contribution in [3.8, 4) is 11.3 Å². The third kappa shape index (κ3) is 5.55. The van der Waals surface area contributed by atoms with Gasteiger partial charge in [0.2, 0.25) is 0 Å². The molecule has 2 N–H and O–H groups in total. The molecule has 162 valence electrons. The standard InChI is InChI=1S/C22H29N3O3S2/c1-3-4-5-6-7-8-14-29-15-23-22(27)20-21(26)19-16(17-12-13-28-24-17)10-9-11-18(19)30-25(20)2/h9-13,26H,3-8,14-15H2,1-2H3,(H,23,27). The van der Waals surface area contributed by atoms with E-state index >= 15 is 0 Å². The number of thioether (sulfide) groups is 1. The molecular weight excluding hydrogens is 418 g/mol. The van der Waals surface area contributed by atoms with E-state index in [0.29, 0.717) is 17.1 Å². The van der Waals surface area contributed by atoms with Gasteiger partial charge in [-0.25, -0.2) is 0 Å². The molecule has 1 aromatic heterocycles. The maximum Gasteiger partial charge on any atom is 0.272 e. The third-order valence-corrected chi connectivity index (χ3v) is 6.86. The molecule has 0 aliphatic carbocycles. The van der Waals surface area contributed by atoms with Gasteiger partial charge in [0.15, 0.2) is 11.5 Å². The highest BCUT2D eigenvalue weighted by Gasteiger charge is 2.30. The van der Waals surface area contributed by atoms with Gasteiger partial charge in [-0.05, 0) is 30.2 Å². The predicted molar refractivity (Wildman–Crippen MR) is 124 cm³/mol. The largest absolute Gasteiger partial charge is 0.505 e. The van der Waals surface area contributed by atoms with Crippen LogP contribution in [0, 0.1) is 0 Å². The lowest BCUT2D eigenvalue weighted by Gasteiger charge is -2.28. The number of aliphatic hydroxyl groups is 1. The van der Waals surface area contributed by atoms with Crippen molar-refractivity contribution in [2.75, 3.05) is 18.7 Å². The zero-order chi connectivity index (χ0) is 21.3. The van der Waals surface area contributed by atoms with Gasteiger partial charge in [-0.3, -0.25) is 4.79 Å². The molecule has 30 heavy (non-hydrogen) atoms. The second kappa shape index (κ2) is 11.4. The molecule has 0 unspecified atom stereocenters. The molecule has 2 heterocycles. The first-order valence-electron chi connectivity index (χ1n) is 10.4. The Morgan fingerprint density at radius 1 is 1.23 bits per heavy atom. The topological polar surface area (TPSA) is 78.6 Å². The number of aliphatic hydroxyl groups excluding tert-OH is 1. The number of carbonyl (C=O) groups is 1. The van der Waals surface area contributed by atoms with Gasteiger partial charge in [0.25, 0.3) is 5.91 Å². The monoisotopic (exact) mass is 447 g/mol. The molecule has 0 radical (unpaired) electrons. The molecule has 1 amide bonds. The van der Waals surface area contributed by atoms with Crippen LogP contribution in [-0.4, -0.2) is 39.2 Å². The van der Waals surface area contributed by atoms with E-state index in [1.807, 2.05) is 18.2 Å². The number of amides is 1. The predicted octanol–water partition coefficient (Wildman–Crippen LogP) is 5.69. The molecule has 6 nitrogen and oxygen atoms in total. The molecule has 1 aromatic carbocycles. The van der Waals surface area contributed by atoms with Crippen LogP contribution >= 0.6 is 23.7 Å². The van der Waals surface area contributed by atoms with Crippen LogP contribution in [0.15, 0.2) is 45.6 Å². The van der Waals surface area contributed by atoms with Crippen LogP contribution in [0.2, 0.25) is 0 Å². The number of hydrogen-bond donors (Lipinski definition) is 2. The van der Waals surface area contributed by atoms with Gasteiger partial charge in [-0.15, -0.1) is 11.8 Å². The molecule has 2 aromatic rings. The molecule has 0 fully saturated rings. The summed E-state index contributed by atoms with van der Waals surface area (Å²) in [6.45, 7) is 2.22. The molecule has 0 spiro atoms. The van der Waals surface area contributed by atoms with E-state index in [1.165, 1.54) is 56.7 Å². The lowest BCUT2D eigenvalue weighted by molar-refractivity contribution is -0.118. The van der Waals surface area contributed by atoms with Gasteiger partial charge in [0.05, 0.1) is 5.88 Å². The zero-order valence-electron chi connectivity index (χ0n) is 17.5. The van der Waals surface area contributed by atoms with Gasteiger partial charge in [0.1, 0.15) is 12.0 Å². The summed E-state index contributed by atoms with van der Waals surface area (Å²) in [6, 6.07) is 7.43. The van der Waals surface area contributed by atoms with Crippen LogP contribution in [-0.2, 0) is 4.79 Å². The SMILES string of the molecule is CCCCCCCCSCNC(=O)C1=C(O)c2c(cccc2-c2ccon2)SN1C. The highest BCUT2D eigenvalue weighted by molar-refractivity contribution is 7.99. The van der Waals surface area contributed by atoms with E-state index in [2.05, 4.69) is 17.4 Å². The molecule has 1 aliphatic rings. The van der Waals surface area contributed by atoms with Crippen molar-refractivity contribution >= 4 is 35.4 Å². The maximum atomic E-state index is 12.8. The van der Waals surface area contributed by atoms with Crippen LogP contribution in [0.25, 0.3) is 17.0 Å². The molecule has 0 saturated heterocycles. The van der Waals surface area contributed by atoms with Crippen molar-refractivity contribution in [3.63, 3.8) is 0 Å². The minimum Gasteiger partial charge on any atom is -0.505 e. The zero-order valence-corrected chi connectivity index (χ0v) is 19.2. The summed E-state index contributed by atoms with van der Waals surface area (Å²) in [7, 11) is 1.78. The quantitative estimate of drug-likeness (QED) is 0.260. The Kier molecular flexibility index (Phi) is 8.57. The van der Waals surface area contributed by atoms with Crippen LogP contribution in [0.5, 0.6) is 0 Å². The van der Waals surface area contributed by atoms with Crippen LogP contribution in [0.3, 0.4) is 0 Å². The Labute approximate surface area is 186 Å². The summed E-state index contributed by atoms with van der Waals surface area (Å²) in [5.41, 5.74) is 2.22. The average molecular weight is 448 g/mol.